The normalized spacial score (nSPS) is 18.3. The maximum Gasteiger partial charge on any atom is 0.227 e. The molecule has 1 aliphatic heterocycles. The molecule has 1 fully saturated rings. The smallest absolute Gasteiger partial charge is 0.227 e. The fourth-order valence-corrected chi connectivity index (χ4v) is 2.50. The van der Waals surface area contributed by atoms with Gasteiger partial charge in [-0.15, -0.1) is 0 Å². The summed E-state index contributed by atoms with van der Waals surface area (Å²) in [7, 11) is 0. The maximum atomic E-state index is 12.0. The molecule has 0 radical (unpaired) electrons. The number of anilines is 1. The predicted molar refractivity (Wildman–Crippen MR) is 86.6 cm³/mol. The Balaban J connectivity index is 1.71. The van der Waals surface area contributed by atoms with Crippen LogP contribution in [0, 0.1) is 5.92 Å². The highest BCUT2D eigenvalue weighted by molar-refractivity contribution is 5.95. The van der Waals surface area contributed by atoms with Crippen molar-refractivity contribution < 1.29 is 4.79 Å². The number of amides is 1. The van der Waals surface area contributed by atoms with E-state index in [1.807, 2.05) is 54.6 Å². The molecule has 1 atom stereocenters. The van der Waals surface area contributed by atoms with Gasteiger partial charge in [0.1, 0.15) is 0 Å². The molecule has 2 N–H and O–H groups in total. The standard InChI is InChI=1S/C17H18N4O/c18-11-13-10-17(22)21(12-13)16-8-6-15(7-9-16)20-19-14-4-2-1-3-5-14/h1-9,13H,10-12,18H2. The summed E-state index contributed by atoms with van der Waals surface area (Å²) in [4.78, 5) is 13.8. The number of carbonyl (C=O) groups is 1. The molecule has 112 valence electrons. The molecule has 2 aromatic rings. The minimum Gasteiger partial charge on any atom is -0.330 e. The van der Waals surface area contributed by atoms with Gasteiger partial charge in [-0.05, 0) is 48.9 Å². The van der Waals surface area contributed by atoms with E-state index in [0.717, 1.165) is 17.1 Å². The molecule has 22 heavy (non-hydrogen) atoms. The van der Waals surface area contributed by atoms with Gasteiger partial charge in [0.2, 0.25) is 5.91 Å². The Morgan fingerprint density at radius 1 is 1.00 bits per heavy atom. The van der Waals surface area contributed by atoms with Gasteiger partial charge < -0.3 is 10.6 Å². The first-order valence-corrected chi connectivity index (χ1v) is 7.33. The summed E-state index contributed by atoms with van der Waals surface area (Å²) in [6.07, 6.45) is 0.534. The topological polar surface area (TPSA) is 71.1 Å². The summed E-state index contributed by atoms with van der Waals surface area (Å²) in [5, 5.41) is 8.37. The molecule has 3 rings (SSSR count). The number of nitrogens with zero attached hydrogens (tertiary/aromatic N) is 3. The number of nitrogens with two attached hydrogens (primary N) is 1. The first-order chi connectivity index (χ1) is 10.8. The molecule has 0 bridgehead atoms. The Morgan fingerprint density at radius 2 is 1.64 bits per heavy atom. The lowest BCUT2D eigenvalue weighted by Crippen LogP contribution is -2.25. The summed E-state index contributed by atoms with van der Waals surface area (Å²) < 4.78 is 0. The minimum atomic E-state index is 0.133. The zero-order valence-electron chi connectivity index (χ0n) is 12.2. The van der Waals surface area contributed by atoms with E-state index in [9.17, 15) is 4.79 Å². The molecule has 0 saturated carbocycles. The highest BCUT2D eigenvalue weighted by Gasteiger charge is 2.29. The van der Waals surface area contributed by atoms with Gasteiger partial charge in [0.15, 0.2) is 0 Å². The number of rotatable bonds is 4. The summed E-state index contributed by atoms with van der Waals surface area (Å²) in [6.45, 7) is 1.24. The van der Waals surface area contributed by atoms with Gasteiger partial charge in [0.25, 0.3) is 0 Å². The fraction of sp³-hybridized carbons (Fsp3) is 0.235. The van der Waals surface area contributed by atoms with Gasteiger partial charge in [-0.3, -0.25) is 4.79 Å². The van der Waals surface area contributed by atoms with Gasteiger partial charge >= 0.3 is 0 Å². The van der Waals surface area contributed by atoms with Crippen molar-refractivity contribution in [1.82, 2.24) is 0 Å². The van der Waals surface area contributed by atoms with Crippen molar-refractivity contribution in [3.63, 3.8) is 0 Å². The lowest BCUT2D eigenvalue weighted by Gasteiger charge is -2.16. The van der Waals surface area contributed by atoms with E-state index in [0.29, 0.717) is 19.5 Å². The van der Waals surface area contributed by atoms with E-state index in [4.69, 9.17) is 5.73 Å². The Hall–Kier alpha value is -2.53. The van der Waals surface area contributed by atoms with Crippen LogP contribution in [0.25, 0.3) is 0 Å². The van der Waals surface area contributed by atoms with Crippen LogP contribution >= 0.6 is 0 Å². The number of azo groups is 1. The van der Waals surface area contributed by atoms with Crippen LogP contribution in [0.5, 0.6) is 0 Å². The second-order valence-electron chi connectivity index (χ2n) is 5.36. The van der Waals surface area contributed by atoms with Crippen LogP contribution in [0.1, 0.15) is 6.42 Å². The summed E-state index contributed by atoms with van der Waals surface area (Å²) in [5.41, 5.74) is 8.11. The molecule has 5 heteroatoms. The Morgan fingerprint density at radius 3 is 2.23 bits per heavy atom. The molecule has 0 aromatic heterocycles. The second-order valence-corrected chi connectivity index (χ2v) is 5.36. The Labute approximate surface area is 129 Å². The van der Waals surface area contributed by atoms with E-state index in [2.05, 4.69) is 10.2 Å². The third-order valence-corrected chi connectivity index (χ3v) is 3.74. The van der Waals surface area contributed by atoms with Gasteiger partial charge in [0, 0.05) is 18.7 Å². The first-order valence-electron chi connectivity index (χ1n) is 7.33. The lowest BCUT2D eigenvalue weighted by atomic mass is 10.1. The van der Waals surface area contributed by atoms with Crippen LogP contribution in [0.2, 0.25) is 0 Å². The van der Waals surface area contributed by atoms with Crippen LogP contribution in [-0.2, 0) is 4.79 Å². The monoisotopic (exact) mass is 294 g/mol. The van der Waals surface area contributed by atoms with Crippen molar-refractivity contribution in [2.24, 2.45) is 21.9 Å². The second kappa shape index (κ2) is 6.49. The molecule has 0 spiro atoms. The van der Waals surface area contributed by atoms with Crippen LogP contribution in [0.4, 0.5) is 17.1 Å². The van der Waals surface area contributed by atoms with Gasteiger partial charge in [-0.2, -0.15) is 10.2 Å². The van der Waals surface area contributed by atoms with E-state index in [-0.39, 0.29) is 11.8 Å². The van der Waals surface area contributed by atoms with E-state index in [1.54, 1.807) is 4.90 Å². The lowest BCUT2D eigenvalue weighted by molar-refractivity contribution is -0.117. The minimum absolute atomic E-state index is 0.133. The molecule has 2 aromatic carbocycles. The largest absolute Gasteiger partial charge is 0.330 e. The third-order valence-electron chi connectivity index (χ3n) is 3.74. The van der Waals surface area contributed by atoms with Crippen molar-refractivity contribution in [1.29, 1.82) is 0 Å². The molecule has 1 aliphatic rings. The van der Waals surface area contributed by atoms with Crippen molar-refractivity contribution >= 4 is 23.0 Å². The summed E-state index contributed by atoms with van der Waals surface area (Å²) in [5.74, 6) is 0.388. The number of carbonyl (C=O) groups excluding carboxylic acids is 1. The number of hydrogen-bond acceptors (Lipinski definition) is 4. The Kier molecular flexibility index (Phi) is 4.25. The summed E-state index contributed by atoms with van der Waals surface area (Å²) in [6, 6.07) is 17.1. The molecular weight excluding hydrogens is 276 g/mol. The molecule has 1 saturated heterocycles. The zero-order valence-corrected chi connectivity index (χ0v) is 12.2. The maximum absolute atomic E-state index is 12.0. The van der Waals surface area contributed by atoms with Crippen molar-refractivity contribution in [2.75, 3.05) is 18.0 Å². The van der Waals surface area contributed by atoms with Gasteiger partial charge in [0.05, 0.1) is 11.4 Å². The molecule has 0 aliphatic carbocycles. The highest BCUT2D eigenvalue weighted by Crippen LogP contribution is 2.27. The molecule has 5 nitrogen and oxygen atoms in total. The highest BCUT2D eigenvalue weighted by atomic mass is 16.2. The third kappa shape index (κ3) is 3.20. The van der Waals surface area contributed by atoms with Crippen LogP contribution in [0.3, 0.4) is 0 Å². The molecular formula is C17H18N4O. The quantitative estimate of drug-likeness (QED) is 0.878. The number of benzene rings is 2. The zero-order chi connectivity index (χ0) is 15.4. The Bertz CT molecular complexity index is 667. The molecule has 1 amide bonds. The van der Waals surface area contributed by atoms with E-state index < -0.39 is 0 Å². The average Bonchev–Trinajstić information content (AvgIpc) is 2.95. The molecule has 1 unspecified atom stereocenters. The SMILES string of the molecule is NCC1CC(=O)N(c2ccc(N=Nc3ccccc3)cc2)C1. The summed E-state index contributed by atoms with van der Waals surface area (Å²) >= 11 is 0. The van der Waals surface area contributed by atoms with Gasteiger partial charge in [-0.25, -0.2) is 0 Å². The average molecular weight is 294 g/mol. The van der Waals surface area contributed by atoms with Gasteiger partial charge in [-0.1, -0.05) is 18.2 Å². The van der Waals surface area contributed by atoms with Crippen molar-refractivity contribution in [3.8, 4) is 0 Å². The van der Waals surface area contributed by atoms with Crippen LogP contribution < -0.4 is 10.6 Å². The fourth-order valence-electron chi connectivity index (χ4n) is 2.50. The van der Waals surface area contributed by atoms with Crippen LogP contribution in [0.15, 0.2) is 64.8 Å². The van der Waals surface area contributed by atoms with Crippen molar-refractivity contribution in [3.05, 3.63) is 54.6 Å². The van der Waals surface area contributed by atoms with Crippen LogP contribution in [-0.4, -0.2) is 19.0 Å². The number of hydrogen-bond donors (Lipinski definition) is 1. The molecule has 1 heterocycles. The first kappa shape index (κ1) is 14.4. The van der Waals surface area contributed by atoms with E-state index in [1.165, 1.54) is 0 Å². The van der Waals surface area contributed by atoms with E-state index >= 15 is 0 Å². The predicted octanol–water partition coefficient (Wildman–Crippen LogP) is 3.41. The van der Waals surface area contributed by atoms with Crippen molar-refractivity contribution in [2.45, 2.75) is 6.42 Å².